The van der Waals surface area contributed by atoms with E-state index >= 15 is 0 Å². The van der Waals surface area contributed by atoms with E-state index in [0.29, 0.717) is 6.42 Å². The van der Waals surface area contributed by atoms with Crippen molar-refractivity contribution >= 4 is 22.2 Å². The molecule has 0 aliphatic carbocycles. The molecule has 22 heavy (non-hydrogen) atoms. The third-order valence-electron chi connectivity index (χ3n) is 3.63. The number of hydrogen-bond acceptors (Lipinski definition) is 3. The lowest BCUT2D eigenvalue weighted by molar-refractivity contribution is -0.118. The first-order valence-corrected chi connectivity index (χ1v) is 8.70. The second-order valence-electron chi connectivity index (χ2n) is 5.36. The van der Waals surface area contributed by atoms with Crippen LogP contribution in [0.2, 0.25) is 0 Å². The number of rotatable bonds is 8. The van der Waals surface area contributed by atoms with E-state index in [9.17, 15) is 4.79 Å². The highest BCUT2D eigenvalue weighted by Crippen LogP contribution is 2.24. The van der Waals surface area contributed by atoms with Gasteiger partial charge >= 0.3 is 0 Å². The minimum atomic E-state index is 0.155. The molecule has 1 amide bonds. The SMILES string of the molecule is CCC(=O)N(c1cccs1)C(C)CNCCc1ccccc1. The first-order chi connectivity index (χ1) is 10.7. The van der Waals surface area contributed by atoms with E-state index in [2.05, 4.69) is 36.5 Å². The number of carbonyl (C=O) groups excluding carboxylic acids is 1. The number of nitrogens with one attached hydrogen (secondary N) is 1. The molecule has 2 rings (SSSR count). The smallest absolute Gasteiger partial charge is 0.227 e. The molecule has 3 nitrogen and oxygen atoms in total. The van der Waals surface area contributed by atoms with Crippen LogP contribution in [0.1, 0.15) is 25.8 Å². The van der Waals surface area contributed by atoms with Gasteiger partial charge in [0.05, 0.1) is 5.00 Å². The average Bonchev–Trinajstić information content (AvgIpc) is 3.06. The van der Waals surface area contributed by atoms with Crippen LogP contribution in [0.4, 0.5) is 5.00 Å². The number of hydrogen-bond donors (Lipinski definition) is 1. The minimum absolute atomic E-state index is 0.155. The van der Waals surface area contributed by atoms with Gasteiger partial charge in [-0.2, -0.15) is 0 Å². The molecule has 4 heteroatoms. The van der Waals surface area contributed by atoms with Crippen LogP contribution in [0, 0.1) is 0 Å². The van der Waals surface area contributed by atoms with Crippen LogP contribution < -0.4 is 10.2 Å². The van der Waals surface area contributed by atoms with E-state index in [4.69, 9.17) is 0 Å². The zero-order chi connectivity index (χ0) is 15.8. The van der Waals surface area contributed by atoms with Gasteiger partial charge in [0, 0.05) is 19.0 Å². The summed E-state index contributed by atoms with van der Waals surface area (Å²) in [7, 11) is 0. The highest BCUT2D eigenvalue weighted by molar-refractivity contribution is 7.14. The fourth-order valence-electron chi connectivity index (χ4n) is 2.44. The summed E-state index contributed by atoms with van der Waals surface area (Å²) in [5.74, 6) is 0.180. The number of carbonyl (C=O) groups is 1. The Morgan fingerprint density at radius 2 is 2.00 bits per heavy atom. The van der Waals surface area contributed by atoms with Crippen molar-refractivity contribution < 1.29 is 4.79 Å². The summed E-state index contributed by atoms with van der Waals surface area (Å²) in [4.78, 5) is 14.1. The largest absolute Gasteiger partial charge is 0.314 e. The van der Waals surface area contributed by atoms with Crippen molar-refractivity contribution in [2.45, 2.75) is 32.7 Å². The Morgan fingerprint density at radius 1 is 1.23 bits per heavy atom. The minimum Gasteiger partial charge on any atom is -0.314 e. The second kappa shape index (κ2) is 8.71. The van der Waals surface area contributed by atoms with Gasteiger partial charge < -0.3 is 5.32 Å². The molecule has 1 heterocycles. The summed E-state index contributed by atoms with van der Waals surface area (Å²) in [6.07, 6.45) is 1.54. The lowest BCUT2D eigenvalue weighted by Gasteiger charge is -2.28. The lowest BCUT2D eigenvalue weighted by Crippen LogP contribution is -2.44. The van der Waals surface area contributed by atoms with Crippen LogP contribution in [0.5, 0.6) is 0 Å². The molecule has 118 valence electrons. The Kier molecular flexibility index (Phi) is 6.62. The Hall–Kier alpha value is -1.65. The van der Waals surface area contributed by atoms with Crippen molar-refractivity contribution in [1.29, 1.82) is 0 Å². The topological polar surface area (TPSA) is 32.3 Å². The zero-order valence-electron chi connectivity index (χ0n) is 13.3. The fraction of sp³-hybridized carbons (Fsp3) is 0.389. The Morgan fingerprint density at radius 3 is 2.64 bits per heavy atom. The van der Waals surface area contributed by atoms with Gasteiger partial charge in [0.15, 0.2) is 0 Å². The number of nitrogens with zero attached hydrogens (tertiary/aromatic N) is 1. The molecule has 0 spiro atoms. The number of anilines is 1. The molecule has 0 radical (unpaired) electrons. The van der Waals surface area contributed by atoms with Crippen molar-refractivity contribution in [1.82, 2.24) is 5.32 Å². The maximum atomic E-state index is 12.2. The highest BCUT2D eigenvalue weighted by atomic mass is 32.1. The molecular formula is C18H24N2OS. The van der Waals surface area contributed by atoms with Gasteiger partial charge in [-0.15, -0.1) is 11.3 Å². The molecule has 1 aromatic carbocycles. The molecule has 1 unspecified atom stereocenters. The summed E-state index contributed by atoms with van der Waals surface area (Å²) in [6, 6.07) is 14.6. The number of amides is 1. The molecule has 1 N–H and O–H groups in total. The molecule has 1 aromatic heterocycles. The monoisotopic (exact) mass is 316 g/mol. The normalized spacial score (nSPS) is 12.1. The van der Waals surface area contributed by atoms with Gasteiger partial charge in [-0.3, -0.25) is 9.69 Å². The van der Waals surface area contributed by atoms with E-state index in [1.54, 1.807) is 11.3 Å². The van der Waals surface area contributed by atoms with Gasteiger partial charge in [0.1, 0.15) is 0 Å². The van der Waals surface area contributed by atoms with E-state index in [1.165, 1.54) is 5.56 Å². The Labute approximate surface area is 137 Å². The van der Waals surface area contributed by atoms with Crippen molar-refractivity contribution in [3.63, 3.8) is 0 Å². The van der Waals surface area contributed by atoms with Gasteiger partial charge in [-0.25, -0.2) is 0 Å². The molecule has 2 aromatic rings. The standard InChI is InChI=1S/C18H24N2OS/c1-3-17(21)20(18-10-7-13-22-18)15(2)14-19-12-11-16-8-5-4-6-9-16/h4-10,13,15,19H,3,11-12,14H2,1-2H3. The van der Waals surface area contributed by atoms with Crippen molar-refractivity contribution in [3.05, 3.63) is 53.4 Å². The molecule has 0 aliphatic rings. The Bertz CT molecular complexity index is 554. The van der Waals surface area contributed by atoms with Crippen LogP contribution in [-0.4, -0.2) is 25.0 Å². The van der Waals surface area contributed by atoms with Crippen LogP contribution in [0.25, 0.3) is 0 Å². The maximum Gasteiger partial charge on any atom is 0.227 e. The van der Waals surface area contributed by atoms with Crippen molar-refractivity contribution in [2.24, 2.45) is 0 Å². The quantitative estimate of drug-likeness (QED) is 0.753. The van der Waals surface area contributed by atoms with Crippen molar-refractivity contribution in [3.8, 4) is 0 Å². The average molecular weight is 316 g/mol. The van der Waals surface area contributed by atoms with Gasteiger partial charge in [0.2, 0.25) is 5.91 Å². The molecule has 1 atom stereocenters. The van der Waals surface area contributed by atoms with E-state index in [-0.39, 0.29) is 11.9 Å². The van der Waals surface area contributed by atoms with E-state index in [0.717, 1.165) is 24.5 Å². The first-order valence-electron chi connectivity index (χ1n) is 7.82. The summed E-state index contributed by atoms with van der Waals surface area (Å²) in [5.41, 5.74) is 1.34. The predicted molar refractivity (Wildman–Crippen MR) is 94.6 cm³/mol. The fourth-order valence-corrected chi connectivity index (χ4v) is 3.29. The first kappa shape index (κ1) is 16.7. The molecule has 0 fully saturated rings. The van der Waals surface area contributed by atoms with E-state index < -0.39 is 0 Å². The molecule has 0 saturated heterocycles. The maximum absolute atomic E-state index is 12.2. The molecule has 0 saturated carbocycles. The van der Waals surface area contributed by atoms with E-state index in [1.807, 2.05) is 35.4 Å². The molecular weight excluding hydrogens is 292 g/mol. The second-order valence-corrected chi connectivity index (χ2v) is 6.28. The van der Waals surface area contributed by atoms with Crippen LogP contribution in [-0.2, 0) is 11.2 Å². The Balaban J connectivity index is 1.84. The lowest BCUT2D eigenvalue weighted by atomic mass is 10.1. The molecule has 0 bridgehead atoms. The number of benzene rings is 1. The summed E-state index contributed by atoms with van der Waals surface area (Å²) in [6.45, 7) is 5.74. The third kappa shape index (κ3) is 4.68. The summed E-state index contributed by atoms with van der Waals surface area (Å²) >= 11 is 1.62. The van der Waals surface area contributed by atoms with Gasteiger partial charge in [-0.1, -0.05) is 37.3 Å². The zero-order valence-corrected chi connectivity index (χ0v) is 14.1. The highest BCUT2D eigenvalue weighted by Gasteiger charge is 2.20. The summed E-state index contributed by atoms with van der Waals surface area (Å²) < 4.78 is 0. The van der Waals surface area contributed by atoms with Crippen LogP contribution >= 0.6 is 11.3 Å². The summed E-state index contributed by atoms with van der Waals surface area (Å²) in [5, 5.41) is 6.51. The van der Waals surface area contributed by atoms with Gasteiger partial charge in [-0.05, 0) is 43.0 Å². The van der Waals surface area contributed by atoms with Crippen LogP contribution in [0.15, 0.2) is 47.8 Å². The van der Waals surface area contributed by atoms with Crippen LogP contribution in [0.3, 0.4) is 0 Å². The van der Waals surface area contributed by atoms with Gasteiger partial charge in [0.25, 0.3) is 0 Å². The number of thiophene rings is 1. The van der Waals surface area contributed by atoms with Crippen molar-refractivity contribution in [2.75, 3.05) is 18.0 Å². The molecule has 0 aliphatic heterocycles. The predicted octanol–water partition coefficient (Wildman–Crippen LogP) is 3.71. The third-order valence-corrected chi connectivity index (χ3v) is 4.50.